The highest BCUT2D eigenvalue weighted by Crippen LogP contribution is 1.94. The van der Waals surface area contributed by atoms with Crippen molar-refractivity contribution in [2.75, 3.05) is 13.2 Å². The van der Waals surface area contributed by atoms with Crippen LogP contribution in [0.5, 0.6) is 0 Å². The van der Waals surface area contributed by atoms with Crippen LogP contribution in [0.3, 0.4) is 0 Å². The van der Waals surface area contributed by atoms with E-state index in [4.69, 9.17) is 10.6 Å². The average Bonchev–Trinajstić information content (AvgIpc) is 2.04. The van der Waals surface area contributed by atoms with E-state index in [0.29, 0.717) is 6.42 Å². The van der Waals surface area contributed by atoms with Gasteiger partial charge in [-0.25, -0.2) is 5.84 Å². The highest BCUT2D eigenvalue weighted by molar-refractivity contribution is 5.74. The minimum Gasteiger partial charge on any atom is -0.382 e. The predicted octanol–water partition coefficient (Wildman–Crippen LogP) is 0.183. The smallest absolute Gasteiger partial charge is 0.233 e. The largest absolute Gasteiger partial charge is 0.382 e. The average molecular weight is 160 g/mol. The second kappa shape index (κ2) is 7.50. The zero-order valence-corrected chi connectivity index (χ0v) is 6.93. The highest BCUT2D eigenvalue weighted by Gasteiger charge is 1.96. The van der Waals surface area contributed by atoms with E-state index in [9.17, 15) is 4.79 Å². The van der Waals surface area contributed by atoms with Crippen LogP contribution in [0.15, 0.2) is 0 Å². The van der Waals surface area contributed by atoms with E-state index < -0.39 is 0 Å². The number of nitrogens with two attached hydrogens (primary N) is 1. The van der Waals surface area contributed by atoms with Crippen molar-refractivity contribution in [2.24, 2.45) is 5.84 Å². The maximum Gasteiger partial charge on any atom is 0.233 e. The zero-order chi connectivity index (χ0) is 8.53. The van der Waals surface area contributed by atoms with Gasteiger partial charge in [0.25, 0.3) is 0 Å². The molecule has 0 atom stereocenters. The maximum atomic E-state index is 10.6. The van der Waals surface area contributed by atoms with E-state index in [1.165, 1.54) is 0 Å². The van der Waals surface area contributed by atoms with Gasteiger partial charge >= 0.3 is 0 Å². The predicted molar refractivity (Wildman–Crippen MR) is 42.7 cm³/mol. The topological polar surface area (TPSA) is 64.3 Å². The van der Waals surface area contributed by atoms with Crippen molar-refractivity contribution in [1.82, 2.24) is 5.43 Å². The molecular formula is C7H16N2O2. The number of rotatable bonds is 6. The van der Waals surface area contributed by atoms with Gasteiger partial charge in [0, 0.05) is 19.6 Å². The Hall–Kier alpha value is -0.610. The van der Waals surface area contributed by atoms with E-state index in [-0.39, 0.29) is 5.91 Å². The summed E-state index contributed by atoms with van der Waals surface area (Å²) >= 11 is 0. The van der Waals surface area contributed by atoms with Gasteiger partial charge in [-0.3, -0.25) is 10.2 Å². The van der Waals surface area contributed by atoms with E-state index in [0.717, 1.165) is 26.1 Å². The number of carbonyl (C=O) groups is 1. The first-order valence-electron chi connectivity index (χ1n) is 3.88. The lowest BCUT2D eigenvalue weighted by Gasteiger charge is -2.00. The molecule has 0 fully saturated rings. The Balaban J connectivity index is 2.95. The summed E-state index contributed by atoms with van der Waals surface area (Å²) < 4.78 is 5.09. The van der Waals surface area contributed by atoms with Crippen LogP contribution >= 0.6 is 0 Å². The lowest BCUT2D eigenvalue weighted by molar-refractivity contribution is -0.121. The van der Waals surface area contributed by atoms with E-state index in [2.05, 4.69) is 5.43 Å². The van der Waals surface area contributed by atoms with Gasteiger partial charge in [0.15, 0.2) is 0 Å². The van der Waals surface area contributed by atoms with Gasteiger partial charge in [-0.1, -0.05) is 0 Å². The number of amides is 1. The second-order valence-electron chi connectivity index (χ2n) is 2.22. The lowest BCUT2D eigenvalue weighted by atomic mass is 10.2. The Labute approximate surface area is 67.1 Å². The van der Waals surface area contributed by atoms with Gasteiger partial charge < -0.3 is 4.74 Å². The molecule has 0 aliphatic heterocycles. The van der Waals surface area contributed by atoms with Crippen LogP contribution in [0.2, 0.25) is 0 Å². The Morgan fingerprint density at radius 3 is 2.82 bits per heavy atom. The summed E-state index contributed by atoms with van der Waals surface area (Å²) in [6.07, 6.45) is 2.24. The number of ether oxygens (including phenoxy) is 1. The minimum atomic E-state index is -0.110. The van der Waals surface area contributed by atoms with Gasteiger partial charge in [-0.2, -0.15) is 0 Å². The summed E-state index contributed by atoms with van der Waals surface area (Å²) in [5.74, 6) is 4.77. The lowest BCUT2D eigenvalue weighted by Crippen LogP contribution is -2.29. The fourth-order valence-corrected chi connectivity index (χ4v) is 0.706. The quantitative estimate of drug-likeness (QED) is 0.252. The summed E-state index contributed by atoms with van der Waals surface area (Å²) in [5.41, 5.74) is 2.08. The monoisotopic (exact) mass is 160 g/mol. The standard InChI is InChI=1S/C7H16N2O2/c1-2-11-6-4-3-5-7(10)9-8/h2-6,8H2,1H3,(H,9,10). The molecule has 0 aromatic rings. The van der Waals surface area contributed by atoms with Crippen LogP contribution in [0.4, 0.5) is 0 Å². The summed E-state index contributed by atoms with van der Waals surface area (Å²) in [6.45, 7) is 3.42. The molecule has 0 bridgehead atoms. The summed E-state index contributed by atoms with van der Waals surface area (Å²) in [7, 11) is 0. The Morgan fingerprint density at radius 1 is 1.55 bits per heavy atom. The van der Waals surface area contributed by atoms with Crippen LogP contribution in [0.25, 0.3) is 0 Å². The molecule has 0 unspecified atom stereocenters. The number of nitrogens with one attached hydrogen (secondary N) is 1. The van der Waals surface area contributed by atoms with E-state index in [1.54, 1.807) is 0 Å². The van der Waals surface area contributed by atoms with Gasteiger partial charge in [0.1, 0.15) is 0 Å². The van der Waals surface area contributed by atoms with Gasteiger partial charge in [0.2, 0.25) is 5.91 Å². The third-order valence-electron chi connectivity index (χ3n) is 1.31. The van der Waals surface area contributed by atoms with E-state index in [1.807, 2.05) is 6.92 Å². The van der Waals surface area contributed by atoms with Crippen LogP contribution in [-0.4, -0.2) is 19.1 Å². The van der Waals surface area contributed by atoms with E-state index >= 15 is 0 Å². The number of unbranched alkanes of at least 4 members (excludes halogenated alkanes) is 1. The Morgan fingerprint density at radius 2 is 2.27 bits per heavy atom. The first-order chi connectivity index (χ1) is 5.31. The Kier molecular flexibility index (Phi) is 7.08. The first-order valence-corrected chi connectivity index (χ1v) is 3.88. The molecule has 0 aromatic carbocycles. The molecule has 0 aliphatic carbocycles. The van der Waals surface area contributed by atoms with Gasteiger partial charge in [-0.15, -0.1) is 0 Å². The van der Waals surface area contributed by atoms with Crippen molar-refractivity contribution >= 4 is 5.91 Å². The molecule has 4 nitrogen and oxygen atoms in total. The maximum absolute atomic E-state index is 10.6. The van der Waals surface area contributed by atoms with Gasteiger partial charge in [-0.05, 0) is 19.8 Å². The molecule has 66 valence electrons. The van der Waals surface area contributed by atoms with Crippen molar-refractivity contribution in [3.8, 4) is 0 Å². The number of hydrogen-bond donors (Lipinski definition) is 2. The van der Waals surface area contributed by atoms with Crippen molar-refractivity contribution in [3.63, 3.8) is 0 Å². The molecule has 11 heavy (non-hydrogen) atoms. The third kappa shape index (κ3) is 7.29. The molecule has 0 rings (SSSR count). The highest BCUT2D eigenvalue weighted by atomic mass is 16.5. The normalized spacial score (nSPS) is 9.64. The number of hydrazine groups is 1. The molecule has 0 saturated heterocycles. The van der Waals surface area contributed by atoms with Crippen LogP contribution in [-0.2, 0) is 9.53 Å². The van der Waals surface area contributed by atoms with Gasteiger partial charge in [0.05, 0.1) is 0 Å². The molecule has 0 saturated carbocycles. The first kappa shape index (κ1) is 10.4. The molecule has 3 N–H and O–H groups in total. The molecule has 1 amide bonds. The number of carbonyl (C=O) groups excluding carboxylic acids is 1. The molecule has 0 radical (unpaired) electrons. The minimum absolute atomic E-state index is 0.110. The molecular weight excluding hydrogens is 144 g/mol. The Bertz CT molecular complexity index is 107. The fourth-order valence-electron chi connectivity index (χ4n) is 0.706. The van der Waals surface area contributed by atoms with Crippen LogP contribution < -0.4 is 11.3 Å². The SMILES string of the molecule is CCOCCCCC(=O)NN. The van der Waals surface area contributed by atoms with Crippen molar-refractivity contribution < 1.29 is 9.53 Å². The third-order valence-corrected chi connectivity index (χ3v) is 1.31. The molecule has 0 spiro atoms. The summed E-state index contributed by atoms with van der Waals surface area (Å²) in [6, 6.07) is 0. The van der Waals surface area contributed by atoms with Crippen LogP contribution in [0.1, 0.15) is 26.2 Å². The van der Waals surface area contributed by atoms with Crippen molar-refractivity contribution in [1.29, 1.82) is 0 Å². The summed E-state index contributed by atoms with van der Waals surface area (Å²) in [4.78, 5) is 10.6. The second-order valence-corrected chi connectivity index (χ2v) is 2.22. The molecule has 0 aromatic heterocycles. The van der Waals surface area contributed by atoms with Crippen molar-refractivity contribution in [2.45, 2.75) is 26.2 Å². The fraction of sp³-hybridized carbons (Fsp3) is 0.857. The number of hydrogen-bond acceptors (Lipinski definition) is 3. The molecule has 0 heterocycles. The molecule has 4 heteroatoms. The summed E-state index contributed by atoms with van der Waals surface area (Å²) in [5, 5.41) is 0. The molecule has 0 aliphatic rings. The zero-order valence-electron chi connectivity index (χ0n) is 6.93. The van der Waals surface area contributed by atoms with Crippen LogP contribution in [0, 0.1) is 0 Å². The van der Waals surface area contributed by atoms with Crippen molar-refractivity contribution in [3.05, 3.63) is 0 Å².